The first-order valence-electron chi connectivity index (χ1n) is 10.9. The minimum atomic E-state index is -0.282. The molecule has 0 radical (unpaired) electrons. The predicted molar refractivity (Wildman–Crippen MR) is 127 cm³/mol. The van der Waals surface area contributed by atoms with Gasteiger partial charge in [-0.25, -0.2) is 0 Å². The van der Waals surface area contributed by atoms with Crippen molar-refractivity contribution < 1.29 is 14.0 Å². The highest BCUT2D eigenvalue weighted by Crippen LogP contribution is 2.17. The van der Waals surface area contributed by atoms with Gasteiger partial charge in [0.1, 0.15) is 5.76 Å². The van der Waals surface area contributed by atoms with Gasteiger partial charge in [0, 0.05) is 24.6 Å². The second-order valence-electron chi connectivity index (χ2n) is 7.60. The van der Waals surface area contributed by atoms with Crippen molar-refractivity contribution in [1.82, 2.24) is 19.8 Å². The minimum Gasteiger partial charge on any atom is -0.454 e. The molecule has 0 spiro atoms. The van der Waals surface area contributed by atoms with E-state index in [0.717, 1.165) is 22.7 Å². The van der Waals surface area contributed by atoms with E-state index in [4.69, 9.17) is 4.42 Å². The number of thiophene rings is 1. The Morgan fingerprint density at radius 2 is 2.03 bits per heavy atom. The summed E-state index contributed by atoms with van der Waals surface area (Å²) in [6.45, 7) is 4.07. The zero-order chi connectivity index (χ0) is 23.0. The van der Waals surface area contributed by atoms with Gasteiger partial charge < -0.3 is 19.2 Å². The molecular weight excluding hydrogens is 436 g/mol. The Morgan fingerprint density at radius 3 is 2.79 bits per heavy atom. The highest BCUT2D eigenvalue weighted by molar-refractivity contribution is 7.12. The summed E-state index contributed by atoms with van der Waals surface area (Å²) in [5.41, 5.74) is 1.79. The Balaban J connectivity index is 1.39. The van der Waals surface area contributed by atoms with E-state index in [9.17, 15) is 9.59 Å². The maximum absolute atomic E-state index is 12.9. The van der Waals surface area contributed by atoms with Crippen LogP contribution in [-0.4, -0.2) is 32.8 Å². The smallest absolute Gasteiger partial charge is 0.287 e. The van der Waals surface area contributed by atoms with Gasteiger partial charge in [0.15, 0.2) is 5.76 Å². The maximum Gasteiger partial charge on any atom is 0.287 e. The first-order chi connectivity index (χ1) is 16.1. The van der Waals surface area contributed by atoms with Gasteiger partial charge in [-0.15, -0.1) is 11.3 Å². The van der Waals surface area contributed by atoms with Crippen LogP contribution in [0.2, 0.25) is 0 Å². The Kier molecular flexibility index (Phi) is 7.36. The Hall–Kier alpha value is -3.65. The number of hydrogen-bond donors (Lipinski definition) is 1. The van der Waals surface area contributed by atoms with Gasteiger partial charge in [0.05, 0.1) is 30.2 Å². The number of rotatable bonds is 10. The zero-order valence-corrected chi connectivity index (χ0v) is 19.3. The first kappa shape index (κ1) is 22.5. The van der Waals surface area contributed by atoms with Crippen LogP contribution in [-0.2, 0) is 19.6 Å². The summed E-state index contributed by atoms with van der Waals surface area (Å²) >= 11 is 1.46. The third kappa shape index (κ3) is 5.78. The largest absolute Gasteiger partial charge is 0.454 e. The van der Waals surface area contributed by atoms with E-state index in [2.05, 4.69) is 17.2 Å². The summed E-state index contributed by atoms with van der Waals surface area (Å²) < 4.78 is 7.83. The summed E-state index contributed by atoms with van der Waals surface area (Å²) in [6, 6.07) is 16.8. The van der Waals surface area contributed by atoms with Crippen LogP contribution >= 0.6 is 11.3 Å². The van der Waals surface area contributed by atoms with Crippen molar-refractivity contribution in [2.75, 3.05) is 6.54 Å². The molecule has 170 valence electrons. The van der Waals surface area contributed by atoms with E-state index < -0.39 is 0 Å². The van der Waals surface area contributed by atoms with E-state index in [1.54, 1.807) is 18.3 Å². The van der Waals surface area contributed by atoms with E-state index in [1.807, 2.05) is 63.5 Å². The number of carbonyl (C=O) groups excluding carboxylic acids is 2. The second kappa shape index (κ2) is 10.8. The molecule has 0 saturated heterocycles. The fraction of sp³-hybridized carbons (Fsp3) is 0.240. The normalized spacial score (nSPS) is 10.8. The molecule has 0 aliphatic rings. The maximum atomic E-state index is 12.9. The van der Waals surface area contributed by atoms with Gasteiger partial charge in [0.25, 0.3) is 11.8 Å². The fourth-order valence-corrected chi connectivity index (χ4v) is 4.23. The topological polar surface area (TPSA) is 80.4 Å². The van der Waals surface area contributed by atoms with Gasteiger partial charge >= 0.3 is 0 Å². The summed E-state index contributed by atoms with van der Waals surface area (Å²) in [5, 5.41) is 4.74. The van der Waals surface area contributed by atoms with Crippen LogP contribution in [0.4, 0.5) is 0 Å². The molecular formula is C25H26N4O3S. The average molecular weight is 463 g/mol. The molecule has 2 amide bonds. The summed E-state index contributed by atoms with van der Waals surface area (Å²) in [4.78, 5) is 32.1. The standard InChI is InChI=1S/C25H26N4O3S/c1-2-13-29(25(31)23-9-6-15-33-23)17-20-8-5-14-28(20)18-21-10-11-22(32-21)24(30)27-16-19-7-3-4-12-26-19/h3-12,14-15H,2,13,16-18H2,1H3,(H,27,30). The molecule has 0 fully saturated rings. The van der Waals surface area contributed by atoms with Crippen molar-refractivity contribution in [3.63, 3.8) is 0 Å². The molecule has 4 heterocycles. The van der Waals surface area contributed by atoms with Gasteiger partial charge in [0.2, 0.25) is 0 Å². The molecule has 0 aromatic carbocycles. The van der Waals surface area contributed by atoms with Crippen molar-refractivity contribution in [2.24, 2.45) is 0 Å². The number of pyridine rings is 1. The van der Waals surface area contributed by atoms with Crippen LogP contribution in [0.5, 0.6) is 0 Å². The lowest BCUT2D eigenvalue weighted by molar-refractivity contribution is 0.0744. The van der Waals surface area contributed by atoms with Gasteiger partial charge in [-0.2, -0.15) is 0 Å². The Bertz CT molecular complexity index is 1180. The summed E-state index contributed by atoms with van der Waals surface area (Å²) in [6.07, 6.45) is 4.53. The molecule has 0 saturated carbocycles. The van der Waals surface area contributed by atoms with E-state index in [0.29, 0.717) is 31.9 Å². The number of hydrogen-bond acceptors (Lipinski definition) is 5. The highest BCUT2D eigenvalue weighted by Gasteiger charge is 2.18. The first-order valence-corrected chi connectivity index (χ1v) is 11.8. The number of aromatic nitrogens is 2. The highest BCUT2D eigenvalue weighted by atomic mass is 32.1. The molecule has 4 aromatic heterocycles. The number of amides is 2. The molecule has 4 aromatic rings. The van der Waals surface area contributed by atoms with E-state index >= 15 is 0 Å². The van der Waals surface area contributed by atoms with Crippen LogP contribution < -0.4 is 5.32 Å². The monoisotopic (exact) mass is 462 g/mol. The Labute approximate surface area is 196 Å². The third-order valence-electron chi connectivity index (χ3n) is 5.16. The number of carbonyl (C=O) groups is 2. The van der Waals surface area contributed by atoms with Crippen molar-refractivity contribution >= 4 is 23.2 Å². The van der Waals surface area contributed by atoms with Crippen LogP contribution in [0.1, 0.15) is 50.7 Å². The lowest BCUT2D eigenvalue weighted by atomic mass is 10.3. The van der Waals surface area contributed by atoms with E-state index in [1.165, 1.54) is 11.3 Å². The molecule has 0 aliphatic heterocycles. The van der Waals surface area contributed by atoms with Crippen LogP contribution in [0.15, 0.2) is 76.8 Å². The number of nitrogens with zero attached hydrogens (tertiary/aromatic N) is 3. The minimum absolute atomic E-state index is 0.0458. The molecule has 0 bridgehead atoms. The van der Waals surface area contributed by atoms with Crippen molar-refractivity contribution in [1.29, 1.82) is 0 Å². The van der Waals surface area contributed by atoms with Crippen LogP contribution in [0.25, 0.3) is 0 Å². The summed E-state index contributed by atoms with van der Waals surface area (Å²) in [7, 11) is 0. The lowest BCUT2D eigenvalue weighted by Gasteiger charge is -2.22. The average Bonchev–Trinajstić information content (AvgIpc) is 3.61. The van der Waals surface area contributed by atoms with Gasteiger partial charge in [-0.1, -0.05) is 19.1 Å². The quantitative estimate of drug-likeness (QED) is 0.374. The zero-order valence-electron chi connectivity index (χ0n) is 18.4. The number of nitrogens with one attached hydrogen (secondary N) is 1. The molecule has 0 unspecified atom stereocenters. The molecule has 0 aliphatic carbocycles. The van der Waals surface area contributed by atoms with Gasteiger partial charge in [-0.3, -0.25) is 14.6 Å². The van der Waals surface area contributed by atoms with Gasteiger partial charge in [-0.05, 0) is 54.3 Å². The molecule has 8 heteroatoms. The van der Waals surface area contributed by atoms with Crippen molar-refractivity contribution in [3.05, 3.63) is 100 Å². The number of furan rings is 1. The van der Waals surface area contributed by atoms with Crippen molar-refractivity contribution in [3.8, 4) is 0 Å². The molecule has 4 rings (SSSR count). The third-order valence-corrected chi connectivity index (χ3v) is 6.01. The Morgan fingerprint density at radius 1 is 1.12 bits per heavy atom. The second-order valence-corrected chi connectivity index (χ2v) is 8.55. The fourth-order valence-electron chi connectivity index (χ4n) is 3.53. The molecule has 33 heavy (non-hydrogen) atoms. The molecule has 7 nitrogen and oxygen atoms in total. The van der Waals surface area contributed by atoms with E-state index in [-0.39, 0.29) is 17.6 Å². The summed E-state index contributed by atoms with van der Waals surface area (Å²) in [5.74, 6) is 0.692. The van der Waals surface area contributed by atoms with Crippen LogP contribution in [0.3, 0.4) is 0 Å². The molecule has 1 N–H and O–H groups in total. The molecule has 0 atom stereocenters. The van der Waals surface area contributed by atoms with Crippen molar-refractivity contribution in [2.45, 2.75) is 33.0 Å². The lowest BCUT2D eigenvalue weighted by Crippen LogP contribution is -2.31. The van der Waals surface area contributed by atoms with Crippen LogP contribution in [0, 0.1) is 0 Å². The predicted octanol–water partition coefficient (Wildman–Crippen LogP) is 4.57. The SMILES string of the molecule is CCCN(Cc1cccn1Cc1ccc(C(=O)NCc2ccccn2)o1)C(=O)c1cccs1.